The fraction of sp³-hybridized carbons (Fsp3) is 0.154. The second-order valence-electron chi connectivity index (χ2n) is 3.49. The summed E-state index contributed by atoms with van der Waals surface area (Å²) in [6.07, 6.45) is 1.65. The van der Waals surface area contributed by atoms with Crippen molar-refractivity contribution in [2.24, 2.45) is 0 Å². The Morgan fingerprint density at radius 2 is 2.00 bits per heavy atom. The number of hydrogen-bond acceptors (Lipinski definition) is 3. The van der Waals surface area contributed by atoms with Crippen LogP contribution in [0.25, 0.3) is 0 Å². The molecule has 0 spiro atoms. The molecule has 1 aromatic heterocycles. The average molecular weight is 215 g/mol. The van der Waals surface area contributed by atoms with Gasteiger partial charge in [0, 0.05) is 11.8 Å². The molecule has 0 radical (unpaired) electrons. The summed E-state index contributed by atoms with van der Waals surface area (Å²) in [6.45, 7) is 1.89. The maximum absolute atomic E-state index is 9.15. The summed E-state index contributed by atoms with van der Waals surface area (Å²) in [5.41, 5.74) is 1.72. The van der Waals surface area contributed by atoms with E-state index in [1.807, 2.05) is 31.2 Å². The molecule has 2 rings (SSSR count). The topological polar surface area (TPSA) is 42.4 Å². The molecule has 16 heavy (non-hydrogen) atoms. The van der Waals surface area contributed by atoms with Gasteiger partial charge in [0.2, 0.25) is 5.88 Å². The van der Waals surface area contributed by atoms with Crippen molar-refractivity contribution in [1.82, 2.24) is 4.98 Å². The van der Waals surface area contributed by atoms with Gasteiger partial charge in [-0.05, 0) is 30.7 Å². The van der Waals surface area contributed by atoms with E-state index in [0.717, 1.165) is 11.3 Å². The van der Waals surface area contributed by atoms with E-state index in [9.17, 15) is 0 Å². The standard InChI is InChI=1S/C13H13NO2/c1-10-5-2-3-7-12(10)16-13-11(9-15)6-4-8-14-13/h2-8,15H,9H2,1H3. The maximum atomic E-state index is 9.15. The second kappa shape index (κ2) is 4.77. The van der Waals surface area contributed by atoms with Gasteiger partial charge in [-0.3, -0.25) is 0 Å². The highest BCUT2D eigenvalue weighted by Gasteiger charge is 2.06. The predicted molar refractivity (Wildman–Crippen MR) is 61.4 cm³/mol. The first kappa shape index (κ1) is 10.6. The van der Waals surface area contributed by atoms with Crippen molar-refractivity contribution in [3.8, 4) is 11.6 Å². The van der Waals surface area contributed by atoms with Gasteiger partial charge in [-0.25, -0.2) is 4.98 Å². The van der Waals surface area contributed by atoms with Crippen LogP contribution in [0.1, 0.15) is 11.1 Å². The molecule has 0 saturated carbocycles. The van der Waals surface area contributed by atoms with Gasteiger partial charge in [0.25, 0.3) is 0 Å². The molecule has 3 heteroatoms. The number of para-hydroxylation sites is 1. The van der Waals surface area contributed by atoms with E-state index in [2.05, 4.69) is 4.98 Å². The Morgan fingerprint density at radius 3 is 2.75 bits per heavy atom. The van der Waals surface area contributed by atoms with Crippen molar-refractivity contribution < 1.29 is 9.84 Å². The molecular formula is C13H13NO2. The normalized spacial score (nSPS) is 10.1. The Labute approximate surface area is 94.3 Å². The summed E-state index contributed by atoms with van der Waals surface area (Å²) in [5, 5.41) is 9.15. The summed E-state index contributed by atoms with van der Waals surface area (Å²) in [4.78, 5) is 4.10. The van der Waals surface area contributed by atoms with Crippen molar-refractivity contribution in [3.05, 3.63) is 53.7 Å². The number of benzene rings is 1. The molecule has 0 saturated heterocycles. The van der Waals surface area contributed by atoms with Crippen molar-refractivity contribution in [2.75, 3.05) is 0 Å². The van der Waals surface area contributed by atoms with E-state index in [1.54, 1.807) is 18.3 Å². The number of hydrogen-bond donors (Lipinski definition) is 1. The highest BCUT2D eigenvalue weighted by Crippen LogP contribution is 2.25. The first-order chi connectivity index (χ1) is 7.81. The Bertz CT molecular complexity index is 483. The van der Waals surface area contributed by atoms with Crippen LogP contribution >= 0.6 is 0 Å². The third kappa shape index (κ3) is 2.20. The zero-order valence-corrected chi connectivity index (χ0v) is 9.05. The molecule has 1 aromatic carbocycles. The number of aryl methyl sites for hydroxylation is 1. The number of aliphatic hydroxyl groups excluding tert-OH is 1. The highest BCUT2D eigenvalue weighted by molar-refractivity contribution is 5.37. The van der Waals surface area contributed by atoms with E-state index < -0.39 is 0 Å². The van der Waals surface area contributed by atoms with Crippen LogP contribution in [0.4, 0.5) is 0 Å². The molecule has 2 aromatic rings. The van der Waals surface area contributed by atoms with Crippen LogP contribution in [-0.4, -0.2) is 10.1 Å². The minimum absolute atomic E-state index is 0.0744. The van der Waals surface area contributed by atoms with Crippen LogP contribution in [0.2, 0.25) is 0 Å². The second-order valence-corrected chi connectivity index (χ2v) is 3.49. The lowest BCUT2D eigenvalue weighted by Gasteiger charge is -2.09. The zero-order valence-electron chi connectivity index (χ0n) is 9.05. The van der Waals surface area contributed by atoms with Crippen molar-refractivity contribution in [3.63, 3.8) is 0 Å². The van der Waals surface area contributed by atoms with Crippen LogP contribution < -0.4 is 4.74 Å². The van der Waals surface area contributed by atoms with Crippen molar-refractivity contribution in [1.29, 1.82) is 0 Å². The summed E-state index contributed by atoms with van der Waals surface area (Å²) >= 11 is 0. The highest BCUT2D eigenvalue weighted by atomic mass is 16.5. The van der Waals surface area contributed by atoms with E-state index >= 15 is 0 Å². The van der Waals surface area contributed by atoms with Gasteiger partial charge >= 0.3 is 0 Å². The van der Waals surface area contributed by atoms with Crippen LogP contribution in [0.5, 0.6) is 11.6 Å². The molecule has 0 bridgehead atoms. The van der Waals surface area contributed by atoms with Crippen LogP contribution in [0.15, 0.2) is 42.6 Å². The molecule has 0 atom stereocenters. The zero-order chi connectivity index (χ0) is 11.4. The fourth-order valence-electron chi connectivity index (χ4n) is 1.41. The lowest BCUT2D eigenvalue weighted by Crippen LogP contribution is -1.95. The largest absolute Gasteiger partial charge is 0.438 e. The molecule has 82 valence electrons. The third-order valence-electron chi connectivity index (χ3n) is 2.32. The number of aliphatic hydroxyl groups is 1. The van der Waals surface area contributed by atoms with Crippen LogP contribution in [0, 0.1) is 6.92 Å². The fourth-order valence-corrected chi connectivity index (χ4v) is 1.41. The number of pyridine rings is 1. The van der Waals surface area contributed by atoms with Gasteiger partial charge in [0.05, 0.1) is 6.61 Å². The number of ether oxygens (including phenoxy) is 1. The minimum Gasteiger partial charge on any atom is -0.438 e. The van der Waals surface area contributed by atoms with Gasteiger partial charge in [0.1, 0.15) is 5.75 Å². The number of nitrogens with zero attached hydrogens (tertiary/aromatic N) is 1. The van der Waals surface area contributed by atoms with Crippen LogP contribution in [-0.2, 0) is 6.61 Å². The molecule has 1 N–H and O–H groups in total. The lowest BCUT2D eigenvalue weighted by molar-refractivity contribution is 0.275. The predicted octanol–water partition coefficient (Wildman–Crippen LogP) is 2.67. The summed E-state index contributed by atoms with van der Waals surface area (Å²) < 4.78 is 5.66. The molecule has 0 aliphatic carbocycles. The molecule has 0 amide bonds. The maximum Gasteiger partial charge on any atom is 0.224 e. The van der Waals surface area contributed by atoms with Gasteiger partial charge < -0.3 is 9.84 Å². The van der Waals surface area contributed by atoms with Crippen LogP contribution in [0.3, 0.4) is 0 Å². The minimum atomic E-state index is -0.0744. The molecule has 0 unspecified atom stereocenters. The Hall–Kier alpha value is -1.87. The quantitative estimate of drug-likeness (QED) is 0.855. The first-order valence-electron chi connectivity index (χ1n) is 5.09. The Kier molecular flexibility index (Phi) is 3.17. The van der Waals surface area contributed by atoms with Gasteiger partial charge in [-0.1, -0.05) is 18.2 Å². The molecule has 3 nitrogen and oxygen atoms in total. The Morgan fingerprint density at radius 1 is 1.19 bits per heavy atom. The smallest absolute Gasteiger partial charge is 0.224 e. The van der Waals surface area contributed by atoms with Crippen molar-refractivity contribution in [2.45, 2.75) is 13.5 Å². The molecule has 0 fully saturated rings. The van der Waals surface area contributed by atoms with E-state index in [0.29, 0.717) is 11.4 Å². The van der Waals surface area contributed by atoms with E-state index in [1.165, 1.54) is 0 Å². The van der Waals surface area contributed by atoms with Crippen molar-refractivity contribution >= 4 is 0 Å². The summed E-state index contributed by atoms with van der Waals surface area (Å²) in [6, 6.07) is 11.3. The van der Waals surface area contributed by atoms with E-state index in [-0.39, 0.29) is 6.61 Å². The monoisotopic (exact) mass is 215 g/mol. The summed E-state index contributed by atoms with van der Waals surface area (Å²) in [7, 11) is 0. The summed E-state index contributed by atoms with van der Waals surface area (Å²) in [5.74, 6) is 1.22. The molecule has 1 heterocycles. The van der Waals surface area contributed by atoms with Gasteiger partial charge in [-0.15, -0.1) is 0 Å². The van der Waals surface area contributed by atoms with E-state index in [4.69, 9.17) is 9.84 Å². The Balaban J connectivity index is 2.30. The SMILES string of the molecule is Cc1ccccc1Oc1ncccc1CO. The molecule has 0 aliphatic rings. The number of aromatic nitrogens is 1. The third-order valence-corrected chi connectivity index (χ3v) is 2.32. The van der Waals surface area contributed by atoms with Gasteiger partial charge in [-0.2, -0.15) is 0 Å². The first-order valence-corrected chi connectivity index (χ1v) is 5.09. The average Bonchev–Trinajstić information content (AvgIpc) is 2.33. The molecule has 0 aliphatic heterocycles. The lowest BCUT2D eigenvalue weighted by atomic mass is 10.2. The number of rotatable bonds is 3. The van der Waals surface area contributed by atoms with Gasteiger partial charge in [0.15, 0.2) is 0 Å². The molecular weight excluding hydrogens is 202 g/mol.